The van der Waals surface area contributed by atoms with Gasteiger partial charge in [0.1, 0.15) is 12.2 Å². The molecule has 2 fully saturated rings. The van der Waals surface area contributed by atoms with Crippen molar-refractivity contribution in [2.75, 3.05) is 6.54 Å². The van der Waals surface area contributed by atoms with E-state index in [1.54, 1.807) is 6.07 Å². The van der Waals surface area contributed by atoms with Crippen LogP contribution in [0.15, 0.2) is 24.5 Å². The average molecular weight is 332 g/mol. The molecule has 128 valence electrons. The highest BCUT2D eigenvalue weighted by atomic mass is 19.2. The molecule has 1 atom stereocenters. The van der Waals surface area contributed by atoms with Gasteiger partial charge < -0.3 is 4.57 Å². The van der Waals surface area contributed by atoms with Gasteiger partial charge in [0.25, 0.3) is 0 Å². The Morgan fingerprint density at radius 3 is 2.75 bits per heavy atom. The number of likely N-dealkylation sites (tertiary alicyclic amines) is 1. The molecule has 1 saturated carbocycles. The van der Waals surface area contributed by atoms with Crippen molar-refractivity contribution in [3.63, 3.8) is 0 Å². The largest absolute Gasteiger partial charge is 0.316 e. The molecule has 0 radical (unpaired) electrons. The van der Waals surface area contributed by atoms with Gasteiger partial charge in [0, 0.05) is 13.1 Å². The molecule has 24 heavy (non-hydrogen) atoms. The van der Waals surface area contributed by atoms with Crippen molar-refractivity contribution < 1.29 is 8.78 Å². The Morgan fingerprint density at radius 1 is 1.08 bits per heavy atom. The minimum atomic E-state index is -0.793. The van der Waals surface area contributed by atoms with Gasteiger partial charge >= 0.3 is 0 Å². The molecule has 2 aliphatic rings. The summed E-state index contributed by atoms with van der Waals surface area (Å²) in [6.45, 7) is 2.55. The number of rotatable bonds is 5. The lowest BCUT2D eigenvalue weighted by atomic mass is 10.00. The molecule has 1 aromatic heterocycles. The highest BCUT2D eigenvalue weighted by molar-refractivity contribution is 5.18. The van der Waals surface area contributed by atoms with Crippen molar-refractivity contribution >= 4 is 0 Å². The number of hydrogen-bond acceptors (Lipinski definition) is 3. The summed E-state index contributed by atoms with van der Waals surface area (Å²) in [6.07, 6.45) is 7.74. The van der Waals surface area contributed by atoms with Crippen molar-refractivity contribution in [3.05, 3.63) is 47.5 Å². The summed E-state index contributed by atoms with van der Waals surface area (Å²) in [5.74, 6) is 0.211. The number of piperidine rings is 1. The fourth-order valence-corrected chi connectivity index (χ4v) is 3.59. The molecule has 1 aromatic carbocycles. The van der Waals surface area contributed by atoms with Crippen LogP contribution in [0.5, 0.6) is 0 Å². The topological polar surface area (TPSA) is 34.0 Å². The van der Waals surface area contributed by atoms with Gasteiger partial charge in [0.2, 0.25) is 0 Å². The molecule has 4 nitrogen and oxygen atoms in total. The van der Waals surface area contributed by atoms with E-state index >= 15 is 0 Å². The van der Waals surface area contributed by atoms with Crippen LogP contribution >= 0.6 is 0 Å². The average Bonchev–Trinajstić information content (AvgIpc) is 3.28. The van der Waals surface area contributed by atoms with Crippen LogP contribution in [-0.2, 0) is 13.1 Å². The lowest BCUT2D eigenvalue weighted by molar-refractivity contribution is 0.130. The van der Waals surface area contributed by atoms with Gasteiger partial charge in [-0.3, -0.25) is 4.90 Å². The molecule has 1 unspecified atom stereocenters. The normalized spacial score (nSPS) is 22.0. The first kappa shape index (κ1) is 15.7. The van der Waals surface area contributed by atoms with Crippen LogP contribution in [-0.4, -0.2) is 26.2 Å². The summed E-state index contributed by atoms with van der Waals surface area (Å²) in [4.78, 5) is 2.32. The van der Waals surface area contributed by atoms with E-state index < -0.39 is 11.6 Å². The summed E-state index contributed by atoms with van der Waals surface area (Å²) in [5.41, 5.74) is 0.800. The molecule has 1 aliphatic heterocycles. The predicted octanol–water partition coefficient (Wildman–Crippen LogP) is 3.69. The number of halogens is 2. The molecule has 0 bridgehead atoms. The maximum Gasteiger partial charge on any atom is 0.159 e. The molecule has 0 N–H and O–H groups in total. The lowest BCUT2D eigenvalue weighted by Crippen LogP contribution is -2.34. The highest BCUT2D eigenvalue weighted by Crippen LogP contribution is 2.34. The minimum Gasteiger partial charge on any atom is -0.316 e. The molecule has 0 amide bonds. The molecule has 1 aliphatic carbocycles. The summed E-state index contributed by atoms with van der Waals surface area (Å²) < 4.78 is 28.8. The SMILES string of the molecule is Fc1ccc(CN2CCCCC2c2nncn2CC2CC2)cc1F. The fraction of sp³-hybridized carbons (Fsp3) is 0.556. The molecule has 0 spiro atoms. The smallest absolute Gasteiger partial charge is 0.159 e. The second-order valence-electron chi connectivity index (χ2n) is 7.02. The Morgan fingerprint density at radius 2 is 1.96 bits per heavy atom. The monoisotopic (exact) mass is 332 g/mol. The molecule has 2 aromatic rings. The van der Waals surface area contributed by atoms with Crippen molar-refractivity contribution in [2.24, 2.45) is 5.92 Å². The Balaban J connectivity index is 1.54. The third-order valence-electron chi connectivity index (χ3n) is 5.08. The van der Waals surface area contributed by atoms with E-state index in [0.29, 0.717) is 6.54 Å². The van der Waals surface area contributed by atoms with E-state index in [0.717, 1.165) is 49.7 Å². The van der Waals surface area contributed by atoms with Crippen LogP contribution in [0, 0.1) is 17.6 Å². The minimum absolute atomic E-state index is 0.202. The number of hydrogen-bond donors (Lipinski definition) is 0. The molecular weight excluding hydrogens is 310 g/mol. The summed E-state index contributed by atoms with van der Waals surface area (Å²) >= 11 is 0. The predicted molar refractivity (Wildman–Crippen MR) is 86.1 cm³/mol. The molecular formula is C18H22F2N4. The Kier molecular flexibility index (Phi) is 4.31. The quantitative estimate of drug-likeness (QED) is 0.837. The zero-order chi connectivity index (χ0) is 16.5. The second-order valence-corrected chi connectivity index (χ2v) is 7.02. The van der Waals surface area contributed by atoms with Gasteiger partial charge in [-0.2, -0.15) is 0 Å². The van der Waals surface area contributed by atoms with Gasteiger partial charge in [-0.15, -0.1) is 10.2 Å². The van der Waals surface area contributed by atoms with Crippen LogP contribution < -0.4 is 0 Å². The third-order valence-corrected chi connectivity index (χ3v) is 5.08. The van der Waals surface area contributed by atoms with Crippen LogP contribution in [0.25, 0.3) is 0 Å². The van der Waals surface area contributed by atoms with E-state index in [-0.39, 0.29) is 6.04 Å². The van der Waals surface area contributed by atoms with Crippen molar-refractivity contribution in [3.8, 4) is 0 Å². The van der Waals surface area contributed by atoms with Gasteiger partial charge in [-0.05, 0) is 55.8 Å². The first-order valence-electron chi connectivity index (χ1n) is 8.76. The van der Waals surface area contributed by atoms with Gasteiger partial charge in [0.05, 0.1) is 6.04 Å². The molecule has 6 heteroatoms. The zero-order valence-electron chi connectivity index (χ0n) is 13.7. The first-order chi connectivity index (χ1) is 11.7. The highest BCUT2D eigenvalue weighted by Gasteiger charge is 2.30. The fourth-order valence-electron chi connectivity index (χ4n) is 3.59. The van der Waals surface area contributed by atoms with Crippen LogP contribution in [0.3, 0.4) is 0 Å². The van der Waals surface area contributed by atoms with E-state index in [2.05, 4.69) is 19.7 Å². The van der Waals surface area contributed by atoms with Crippen LogP contribution in [0.1, 0.15) is 49.5 Å². The Bertz CT molecular complexity index is 711. The third kappa shape index (κ3) is 3.34. The van der Waals surface area contributed by atoms with Crippen LogP contribution in [0.2, 0.25) is 0 Å². The van der Waals surface area contributed by atoms with E-state index in [4.69, 9.17) is 0 Å². The summed E-state index contributed by atoms with van der Waals surface area (Å²) in [6, 6.07) is 4.38. The Hall–Kier alpha value is -1.82. The lowest BCUT2D eigenvalue weighted by Gasteiger charge is -2.35. The maximum atomic E-state index is 13.5. The van der Waals surface area contributed by atoms with Gasteiger partial charge in [-0.1, -0.05) is 12.5 Å². The maximum absolute atomic E-state index is 13.5. The standard InChI is InChI=1S/C18H22F2N4/c19-15-7-6-14(9-16(15)20)11-23-8-2-1-3-17(23)18-22-21-12-24(18)10-13-4-5-13/h6-7,9,12-13,17H,1-5,8,10-11H2. The number of nitrogens with zero attached hydrogens (tertiary/aromatic N) is 4. The first-order valence-corrected chi connectivity index (χ1v) is 8.76. The van der Waals surface area contributed by atoms with Crippen molar-refractivity contribution in [2.45, 2.75) is 51.2 Å². The zero-order valence-corrected chi connectivity index (χ0v) is 13.7. The summed E-state index contributed by atoms with van der Waals surface area (Å²) in [5, 5.41) is 8.50. The van der Waals surface area contributed by atoms with E-state index in [1.165, 1.54) is 25.0 Å². The number of aromatic nitrogens is 3. The molecule has 2 heterocycles. The van der Waals surface area contributed by atoms with E-state index in [1.807, 2.05) is 6.33 Å². The van der Waals surface area contributed by atoms with Crippen molar-refractivity contribution in [1.82, 2.24) is 19.7 Å². The summed E-state index contributed by atoms with van der Waals surface area (Å²) in [7, 11) is 0. The van der Waals surface area contributed by atoms with Gasteiger partial charge in [0.15, 0.2) is 11.6 Å². The van der Waals surface area contributed by atoms with Crippen molar-refractivity contribution in [1.29, 1.82) is 0 Å². The Labute approximate surface area is 140 Å². The number of benzene rings is 1. The molecule has 4 rings (SSSR count). The van der Waals surface area contributed by atoms with Gasteiger partial charge in [-0.25, -0.2) is 8.78 Å². The second kappa shape index (κ2) is 6.59. The molecule has 1 saturated heterocycles. The van der Waals surface area contributed by atoms with Crippen LogP contribution in [0.4, 0.5) is 8.78 Å². The van der Waals surface area contributed by atoms with E-state index in [9.17, 15) is 8.78 Å².